The highest BCUT2D eigenvalue weighted by Crippen LogP contribution is 2.17. The van der Waals surface area contributed by atoms with Gasteiger partial charge in [-0.3, -0.25) is 4.79 Å². The normalized spacial score (nSPS) is 10.7. The zero-order valence-corrected chi connectivity index (χ0v) is 19.3. The maximum absolute atomic E-state index is 12.1. The van der Waals surface area contributed by atoms with E-state index in [1.807, 2.05) is 0 Å². The van der Waals surface area contributed by atoms with Gasteiger partial charge < -0.3 is 15.5 Å². The number of nitrogens with one attached hydrogen (secondary N) is 1. The van der Waals surface area contributed by atoms with Gasteiger partial charge in [-0.05, 0) is 36.8 Å². The minimum absolute atomic E-state index is 0.163. The number of carbonyl (C=O) groups excluding carboxylic acids is 1. The van der Waals surface area contributed by atoms with Gasteiger partial charge in [0.1, 0.15) is 0 Å². The van der Waals surface area contributed by atoms with Crippen LogP contribution in [0.15, 0.2) is 18.2 Å². The third-order valence-corrected chi connectivity index (χ3v) is 5.59. The molecule has 174 valence electrons. The fraction of sp³-hybridized carbons (Fsp3) is 0.625. The summed E-state index contributed by atoms with van der Waals surface area (Å²) < 4.78 is 0. The molecular formula is C24H37NO5S. The Morgan fingerprint density at radius 2 is 1.03 bits per heavy atom. The first-order chi connectivity index (χ1) is 14.9. The van der Waals surface area contributed by atoms with Crippen LogP contribution in [-0.2, 0) is 4.79 Å². The van der Waals surface area contributed by atoms with Crippen molar-refractivity contribution in [3.63, 3.8) is 0 Å². The van der Waals surface area contributed by atoms with Crippen LogP contribution in [0.25, 0.3) is 0 Å². The number of aromatic carboxylic acids is 2. The van der Waals surface area contributed by atoms with Gasteiger partial charge in [-0.25, -0.2) is 9.59 Å². The second kappa shape index (κ2) is 16.6. The van der Waals surface area contributed by atoms with Crippen LogP contribution in [0.4, 0.5) is 5.69 Å². The van der Waals surface area contributed by atoms with E-state index in [2.05, 4.69) is 17.9 Å². The van der Waals surface area contributed by atoms with Crippen molar-refractivity contribution in [3.8, 4) is 0 Å². The number of benzene rings is 1. The molecule has 0 saturated carbocycles. The van der Waals surface area contributed by atoms with Crippen molar-refractivity contribution in [2.75, 3.05) is 11.1 Å². The minimum atomic E-state index is -1.23. The lowest BCUT2D eigenvalue weighted by Gasteiger charge is -2.08. The Morgan fingerprint density at radius 3 is 1.42 bits per heavy atom. The number of carbonyl (C=O) groups is 3. The fourth-order valence-corrected chi connectivity index (χ4v) is 3.74. The van der Waals surface area contributed by atoms with Crippen molar-refractivity contribution in [3.05, 3.63) is 29.3 Å². The summed E-state index contributed by atoms with van der Waals surface area (Å²) in [4.78, 5) is 34.3. The third-order valence-electron chi connectivity index (χ3n) is 5.27. The Bertz CT molecular complexity index is 660. The summed E-state index contributed by atoms with van der Waals surface area (Å²) in [6.07, 6.45) is 16.1. The highest BCUT2D eigenvalue weighted by Gasteiger charge is 2.12. The quantitative estimate of drug-likeness (QED) is 0.152. The molecule has 0 heterocycles. The molecule has 1 aromatic rings. The molecule has 0 bridgehead atoms. The van der Waals surface area contributed by atoms with E-state index in [1.54, 1.807) is 0 Å². The maximum atomic E-state index is 12.1. The average Bonchev–Trinajstić information content (AvgIpc) is 2.73. The Hall–Kier alpha value is -2.02. The van der Waals surface area contributed by atoms with Crippen molar-refractivity contribution in [1.82, 2.24) is 0 Å². The Balaban J connectivity index is 2.10. The number of carboxylic acids is 2. The molecule has 31 heavy (non-hydrogen) atoms. The van der Waals surface area contributed by atoms with Crippen LogP contribution in [0.3, 0.4) is 0 Å². The molecule has 0 atom stereocenters. The van der Waals surface area contributed by atoms with Gasteiger partial charge in [0.25, 0.3) is 0 Å². The SMILES string of the molecule is O=C(CCCCCCCCCCCCCCCS)Nc1cc(C(=O)O)cc(C(=O)O)c1. The van der Waals surface area contributed by atoms with Gasteiger partial charge in [-0.2, -0.15) is 12.6 Å². The summed E-state index contributed by atoms with van der Waals surface area (Å²) in [5.74, 6) is -1.70. The van der Waals surface area contributed by atoms with E-state index in [-0.39, 0.29) is 22.7 Å². The molecule has 1 rings (SSSR count). The van der Waals surface area contributed by atoms with Crippen LogP contribution in [0, 0.1) is 0 Å². The number of rotatable bonds is 18. The summed E-state index contributed by atoms with van der Waals surface area (Å²) in [6.45, 7) is 0. The summed E-state index contributed by atoms with van der Waals surface area (Å²) >= 11 is 4.23. The largest absolute Gasteiger partial charge is 0.478 e. The molecule has 1 aromatic carbocycles. The lowest BCUT2D eigenvalue weighted by molar-refractivity contribution is -0.116. The molecule has 1 amide bonds. The predicted molar refractivity (Wildman–Crippen MR) is 127 cm³/mol. The number of unbranched alkanes of at least 4 members (excludes halogenated alkanes) is 12. The van der Waals surface area contributed by atoms with Crippen LogP contribution in [0.2, 0.25) is 0 Å². The first-order valence-electron chi connectivity index (χ1n) is 11.5. The van der Waals surface area contributed by atoms with Crippen molar-refractivity contribution in [2.24, 2.45) is 0 Å². The van der Waals surface area contributed by atoms with E-state index in [0.29, 0.717) is 6.42 Å². The van der Waals surface area contributed by atoms with Crippen molar-refractivity contribution >= 4 is 36.2 Å². The van der Waals surface area contributed by atoms with Gasteiger partial charge in [-0.15, -0.1) is 0 Å². The minimum Gasteiger partial charge on any atom is -0.478 e. The van der Waals surface area contributed by atoms with E-state index >= 15 is 0 Å². The highest BCUT2D eigenvalue weighted by molar-refractivity contribution is 7.80. The van der Waals surface area contributed by atoms with Crippen molar-refractivity contribution < 1.29 is 24.6 Å². The number of amides is 1. The lowest BCUT2D eigenvalue weighted by atomic mass is 10.0. The zero-order valence-electron chi connectivity index (χ0n) is 18.4. The topological polar surface area (TPSA) is 104 Å². The summed E-state index contributed by atoms with van der Waals surface area (Å²) in [7, 11) is 0. The molecule has 3 N–H and O–H groups in total. The summed E-state index contributed by atoms with van der Waals surface area (Å²) in [6, 6.07) is 3.62. The molecule has 0 spiro atoms. The van der Waals surface area contributed by atoms with Gasteiger partial charge in [0.15, 0.2) is 0 Å². The van der Waals surface area contributed by atoms with Gasteiger partial charge in [-0.1, -0.05) is 70.6 Å². The van der Waals surface area contributed by atoms with Crippen molar-refractivity contribution in [2.45, 2.75) is 89.9 Å². The maximum Gasteiger partial charge on any atom is 0.335 e. The van der Waals surface area contributed by atoms with Crippen LogP contribution >= 0.6 is 12.6 Å². The molecule has 0 aliphatic heterocycles. The monoisotopic (exact) mass is 451 g/mol. The van der Waals surface area contributed by atoms with Crippen LogP contribution in [0.5, 0.6) is 0 Å². The molecule has 0 fully saturated rings. The fourth-order valence-electron chi connectivity index (χ4n) is 3.51. The second-order valence-electron chi connectivity index (χ2n) is 8.03. The lowest BCUT2D eigenvalue weighted by Crippen LogP contribution is -2.13. The standard InChI is InChI=1S/C24H37NO5S/c26-22(25-21-17-19(23(27)28)16-20(18-21)24(29)30)14-12-10-8-6-4-2-1-3-5-7-9-11-13-15-31/h16-18,31H,1-15H2,(H,25,26)(H,27,28)(H,29,30). The van der Waals surface area contributed by atoms with Gasteiger partial charge >= 0.3 is 11.9 Å². The second-order valence-corrected chi connectivity index (χ2v) is 8.47. The molecule has 0 aliphatic rings. The zero-order chi connectivity index (χ0) is 22.9. The number of thiol groups is 1. The summed E-state index contributed by atoms with van der Waals surface area (Å²) in [5.41, 5.74) is -0.128. The van der Waals surface area contributed by atoms with E-state index in [9.17, 15) is 14.4 Å². The smallest absolute Gasteiger partial charge is 0.335 e. The number of anilines is 1. The van der Waals surface area contributed by atoms with Crippen molar-refractivity contribution in [1.29, 1.82) is 0 Å². The van der Waals surface area contributed by atoms with Crippen LogP contribution in [-0.4, -0.2) is 33.8 Å². The molecule has 0 radical (unpaired) electrons. The van der Waals surface area contributed by atoms with E-state index < -0.39 is 11.9 Å². The van der Waals surface area contributed by atoms with E-state index in [4.69, 9.17) is 10.2 Å². The number of carboxylic acid groups (broad SMARTS) is 2. The molecular weight excluding hydrogens is 414 g/mol. The Labute approximate surface area is 191 Å². The van der Waals surface area contributed by atoms with E-state index in [0.717, 1.165) is 31.1 Å². The van der Waals surface area contributed by atoms with E-state index in [1.165, 1.54) is 76.3 Å². The predicted octanol–water partition coefficient (Wildman–Crippen LogP) is 6.41. The van der Waals surface area contributed by atoms with Gasteiger partial charge in [0.05, 0.1) is 11.1 Å². The number of hydrogen-bond acceptors (Lipinski definition) is 4. The molecule has 0 unspecified atom stereocenters. The van der Waals surface area contributed by atoms with Crippen LogP contribution < -0.4 is 5.32 Å². The Kier molecular flexibility index (Phi) is 14.5. The highest BCUT2D eigenvalue weighted by atomic mass is 32.1. The molecule has 6 nitrogen and oxygen atoms in total. The van der Waals surface area contributed by atoms with Gasteiger partial charge in [0.2, 0.25) is 5.91 Å². The first-order valence-corrected chi connectivity index (χ1v) is 12.1. The third kappa shape index (κ3) is 13.1. The molecule has 7 heteroatoms. The van der Waals surface area contributed by atoms with Crippen LogP contribution in [0.1, 0.15) is 111 Å². The summed E-state index contributed by atoms with van der Waals surface area (Å²) in [5, 5.41) is 20.8. The van der Waals surface area contributed by atoms with Gasteiger partial charge in [0, 0.05) is 12.1 Å². The first kappa shape index (κ1) is 27.0. The Morgan fingerprint density at radius 1 is 0.645 bits per heavy atom. The molecule has 0 saturated heterocycles. The molecule has 0 aliphatic carbocycles. The number of hydrogen-bond donors (Lipinski definition) is 4. The average molecular weight is 452 g/mol. The molecule has 0 aromatic heterocycles.